The van der Waals surface area contributed by atoms with Crippen LogP contribution >= 0.6 is 0 Å². The summed E-state index contributed by atoms with van der Waals surface area (Å²) >= 11 is 0. The number of hydrogen-bond donors (Lipinski definition) is 6. The van der Waals surface area contributed by atoms with Crippen LogP contribution in [-0.4, -0.2) is 48.4 Å². The van der Waals surface area contributed by atoms with Crippen LogP contribution in [0, 0.1) is 28.6 Å². The molecule has 0 spiro atoms. The molecule has 0 aliphatic heterocycles. The van der Waals surface area contributed by atoms with E-state index in [1.165, 1.54) is 6.08 Å². The maximum atomic E-state index is 13.6. The largest absolute Gasteiger partial charge is 0.481 e. The Morgan fingerprint density at radius 3 is 2.32 bits per heavy atom. The van der Waals surface area contributed by atoms with E-state index in [1.54, 1.807) is 19.5 Å². The molecule has 1 aromatic heterocycles. The number of amides is 2. The first kappa shape index (κ1) is 27.9. The van der Waals surface area contributed by atoms with E-state index < -0.39 is 11.9 Å². The molecule has 2 aliphatic carbocycles. The summed E-state index contributed by atoms with van der Waals surface area (Å²) in [5.74, 6) is 0.585. The van der Waals surface area contributed by atoms with Gasteiger partial charge in [-0.2, -0.15) is 0 Å². The Morgan fingerprint density at radius 2 is 1.78 bits per heavy atom. The van der Waals surface area contributed by atoms with Gasteiger partial charge in [-0.3, -0.25) is 9.59 Å². The molecule has 1 aromatic rings. The van der Waals surface area contributed by atoms with E-state index in [4.69, 9.17) is 15.6 Å². The third-order valence-corrected chi connectivity index (χ3v) is 6.60. The third-order valence-electron chi connectivity index (χ3n) is 6.60. The maximum absolute atomic E-state index is 13.6. The van der Waals surface area contributed by atoms with Crippen molar-refractivity contribution < 1.29 is 14.3 Å². The smallest absolute Gasteiger partial charge is 0.268 e. The Labute approximate surface area is 218 Å². The zero-order chi connectivity index (χ0) is 26.9. The van der Waals surface area contributed by atoms with Crippen molar-refractivity contribution in [2.24, 2.45) is 17.8 Å². The summed E-state index contributed by atoms with van der Waals surface area (Å²) in [6.07, 6.45) is 10.9. The van der Waals surface area contributed by atoms with Gasteiger partial charge in [0.05, 0.1) is 18.8 Å². The lowest BCUT2D eigenvalue weighted by Crippen LogP contribution is -2.53. The van der Waals surface area contributed by atoms with Gasteiger partial charge in [-0.15, -0.1) is 0 Å². The van der Waals surface area contributed by atoms with Gasteiger partial charge < -0.3 is 36.8 Å². The first-order chi connectivity index (χ1) is 17.8. The van der Waals surface area contributed by atoms with E-state index in [2.05, 4.69) is 26.3 Å². The summed E-state index contributed by atoms with van der Waals surface area (Å²) < 4.78 is 5.33. The first-order valence-corrected chi connectivity index (χ1v) is 12.8. The van der Waals surface area contributed by atoms with Gasteiger partial charge in [-0.05, 0) is 76.4 Å². The fourth-order valence-electron chi connectivity index (χ4n) is 4.57. The van der Waals surface area contributed by atoms with Crippen LogP contribution in [0.2, 0.25) is 0 Å². The lowest BCUT2D eigenvalue weighted by atomic mass is 9.88. The molecule has 1 heterocycles. The van der Waals surface area contributed by atoms with Crippen LogP contribution in [0.4, 0.5) is 0 Å². The minimum Gasteiger partial charge on any atom is -0.481 e. The second-order valence-electron chi connectivity index (χ2n) is 9.97. The Bertz CT molecular complexity index is 1030. The molecule has 2 aliphatic rings. The molecule has 200 valence electrons. The number of nitrogens with one attached hydrogen (secondary N) is 6. The van der Waals surface area contributed by atoms with Crippen molar-refractivity contribution in [1.29, 1.82) is 10.8 Å². The van der Waals surface area contributed by atoms with Crippen molar-refractivity contribution >= 4 is 24.2 Å². The molecule has 0 bridgehead atoms. The Morgan fingerprint density at radius 1 is 1.11 bits per heavy atom. The van der Waals surface area contributed by atoms with E-state index in [1.807, 2.05) is 32.9 Å². The highest BCUT2D eigenvalue weighted by Gasteiger charge is 2.48. The number of rotatable bonds is 15. The molecular weight excluding hydrogens is 470 g/mol. The van der Waals surface area contributed by atoms with Crippen molar-refractivity contribution in [3.05, 3.63) is 47.6 Å². The summed E-state index contributed by atoms with van der Waals surface area (Å²) in [5, 5.41) is 27.3. The zero-order valence-corrected chi connectivity index (χ0v) is 22.0. The Hall–Kier alpha value is -3.69. The van der Waals surface area contributed by atoms with Crippen molar-refractivity contribution in [3.63, 3.8) is 0 Å². The topological polar surface area (TPSA) is 152 Å². The van der Waals surface area contributed by atoms with E-state index >= 15 is 0 Å². The molecule has 2 amide bonds. The van der Waals surface area contributed by atoms with Crippen LogP contribution in [0.25, 0.3) is 0 Å². The fraction of sp³-hybridized carbons (Fsp3) is 0.519. The number of ether oxygens (including phenoxy) is 1. The molecule has 10 nitrogen and oxygen atoms in total. The summed E-state index contributed by atoms with van der Waals surface area (Å²) in [6, 6.07) is 2.78. The van der Waals surface area contributed by atoms with Crippen LogP contribution in [0.15, 0.2) is 42.0 Å². The van der Waals surface area contributed by atoms with Gasteiger partial charge in [0, 0.05) is 36.4 Å². The number of aromatic nitrogens is 1. The zero-order valence-electron chi connectivity index (χ0n) is 22.0. The van der Waals surface area contributed by atoms with Crippen LogP contribution in [-0.2, 0) is 9.59 Å². The van der Waals surface area contributed by atoms with Crippen molar-refractivity contribution in [2.75, 3.05) is 7.11 Å². The minimum atomic E-state index is -0.741. The number of carbonyl (C=O) groups excluding carboxylic acids is 2. The van der Waals surface area contributed by atoms with Gasteiger partial charge in [0.1, 0.15) is 11.7 Å². The first-order valence-electron chi connectivity index (χ1n) is 12.8. The average Bonchev–Trinajstić information content (AvgIpc) is 3.80. The monoisotopic (exact) mass is 509 g/mol. The average molecular weight is 510 g/mol. The summed E-state index contributed by atoms with van der Waals surface area (Å²) in [7, 11) is 1.56. The van der Waals surface area contributed by atoms with E-state index in [-0.39, 0.29) is 35.3 Å². The quantitative estimate of drug-likeness (QED) is 0.158. The van der Waals surface area contributed by atoms with Gasteiger partial charge in [0.2, 0.25) is 11.8 Å². The highest BCUT2D eigenvalue weighted by atomic mass is 16.5. The third kappa shape index (κ3) is 7.90. The highest BCUT2D eigenvalue weighted by molar-refractivity contribution is 6.00. The normalized spacial score (nSPS) is 17.6. The van der Waals surface area contributed by atoms with Crippen LogP contribution < -0.4 is 26.0 Å². The van der Waals surface area contributed by atoms with E-state index in [0.29, 0.717) is 17.7 Å². The SMILES string of the molecule is COc1ncccc1C(C)N/C=C(\C=N)NC(=O)C(NC(=O)/C(=C/C=N)NC(C)C)C(C1CC1)C1CC1. The second kappa shape index (κ2) is 13.0. The molecule has 0 saturated heterocycles. The molecule has 2 saturated carbocycles. The van der Waals surface area contributed by atoms with Gasteiger partial charge in [-0.1, -0.05) is 6.07 Å². The molecule has 0 radical (unpaired) electrons. The molecule has 3 rings (SSSR count). The molecule has 6 N–H and O–H groups in total. The van der Waals surface area contributed by atoms with Gasteiger partial charge in [0.15, 0.2) is 0 Å². The predicted octanol–water partition coefficient (Wildman–Crippen LogP) is 2.80. The minimum absolute atomic E-state index is 0.00848. The molecule has 0 aromatic carbocycles. The summed E-state index contributed by atoms with van der Waals surface area (Å²) in [5.41, 5.74) is 1.37. The van der Waals surface area contributed by atoms with Crippen molar-refractivity contribution in [3.8, 4) is 5.88 Å². The molecule has 2 unspecified atom stereocenters. The maximum Gasteiger partial charge on any atom is 0.268 e. The fourth-order valence-corrected chi connectivity index (χ4v) is 4.57. The van der Waals surface area contributed by atoms with Crippen LogP contribution in [0.1, 0.15) is 58.1 Å². The second-order valence-corrected chi connectivity index (χ2v) is 9.97. The Kier molecular flexibility index (Phi) is 9.82. The number of carbonyl (C=O) groups is 2. The number of allylic oxidation sites excluding steroid dienone is 2. The molecule has 37 heavy (non-hydrogen) atoms. The van der Waals surface area contributed by atoms with E-state index in [9.17, 15) is 9.59 Å². The van der Waals surface area contributed by atoms with Gasteiger partial charge >= 0.3 is 0 Å². The van der Waals surface area contributed by atoms with Crippen molar-refractivity contribution in [1.82, 2.24) is 26.3 Å². The summed E-state index contributed by atoms with van der Waals surface area (Å²) in [4.78, 5) is 30.9. The van der Waals surface area contributed by atoms with Gasteiger partial charge in [-0.25, -0.2) is 4.98 Å². The van der Waals surface area contributed by atoms with E-state index in [0.717, 1.165) is 43.7 Å². The highest BCUT2D eigenvalue weighted by Crippen LogP contribution is 2.50. The molecule has 2 atom stereocenters. The lowest BCUT2D eigenvalue weighted by molar-refractivity contribution is -0.129. The van der Waals surface area contributed by atoms with Crippen molar-refractivity contribution in [2.45, 2.75) is 64.6 Å². The lowest BCUT2D eigenvalue weighted by Gasteiger charge is -2.28. The number of pyridine rings is 1. The number of nitrogens with zero attached hydrogens (tertiary/aromatic N) is 1. The molecular formula is C27H39N7O3. The predicted molar refractivity (Wildman–Crippen MR) is 143 cm³/mol. The number of methoxy groups -OCH3 is 1. The summed E-state index contributed by atoms with van der Waals surface area (Å²) in [6.45, 7) is 5.74. The van der Waals surface area contributed by atoms with Crippen LogP contribution in [0.5, 0.6) is 5.88 Å². The van der Waals surface area contributed by atoms with Gasteiger partial charge in [0.25, 0.3) is 5.91 Å². The van der Waals surface area contributed by atoms with Crippen LogP contribution in [0.3, 0.4) is 0 Å². The Balaban J connectivity index is 1.77. The number of hydrogen-bond acceptors (Lipinski definition) is 8. The molecule has 10 heteroatoms. The molecule has 2 fully saturated rings. The standard InChI is InChI=1S/C27H39N7O3/c1-16(2)32-22(11-12-28)25(35)34-24(23(18-7-8-18)19-9-10-19)26(36)33-20(14-29)15-31-17(3)21-6-5-13-30-27(21)37-4/h5-6,11-19,23-24,28-29,31-32H,7-10H2,1-4H3,(H,33,36)(H,34,35)/b20-15+,22-11-,28-12?,29-14?.